The molecule has 4 aromatic rings. The Morgan fingerprint density at radius 3 is 2.50 bits per heavy atom. The Morgan fingerprint density at radius 1 is 1.00 bits per heavy atom. The van der Waals surface area contributed by atoms with Crippen molar-refractivity contribution in [1.29, 1.82) is 0 Å². The van der Waals surface area contributed by atoms with Crippen LogP contribution in [0.3, 0.4) is 0 Å². The molecule has 0 aliphatic heterocycles. The molecule has 2 amide bonds. The van der Waals surface area contributed by atoms with Crippen molar-refractivity contribution in [2.24, 2.45) is 0 Å². The standard InChI is InChI=1S/C29H34N8O/c1-2-17-37(20-21-11-5-3-6-12-21)27-19-23(31-29(38)30-22-13-7-4-8-14-22)18-26(32-27)24-15-9-10-16-25(24)28-33-35-36-34-28/h3,5-6,9-12,15-16,18-19,22H,2,4,7-8,13-14,17,20H2,1H3,(H2,30,31,32,38)(H,33,34,35,36). The number of aromatic nitrogens is 5. The normalized spacial score (nSPS) is 13.7. The van der Waals surface area contributed by atoms with E-state index in [1.807, 2.05) is 54.6 Å². The first kappa shape index (κ1) is 25.4. The maximum atomic E-state index is 13.0. The molecule has 0 radical (unpaired) electrons. The van der Waals surface area contributed by atoms with E-state index >= 15 is 0 Å². The maximum absolute atomic E-state index is 13.0. The van der Waals surface area contributed by atoms with E-state index in [0.29, 0.717) is 18.1 Å². The number of benzene rings is 2. The van der Waals surface area contributed by atoms with Crippen LogP contribution in [-0.2, 0) is 6.54 Å². The van der Waals surface area contributed by atoms with Gasteiger partial charge in [0.15, 0.2) is 0 Å². The van der Waals surface area contributed by atoms with E-state index in [4.69, 9.17) is 4.98 Å². The molecule has 3 N–H and O–H groups in total. The van der Waals surface area contributed by atoms with E-state index in [-0.39, 0.29) is 12.1 Å². The van der Waals surface area contributed by atoms with Gasteiger partial charge in [-0.05, 0) is 36.1 Å². The second-order valence-corrected chi connectivity index (χ2v) is 9.72. The largest absolute Gasteiger partial charge is 0.352 e. The molecular weight excluding hydrogens is 476 g/mol. The van der Waals surface area contributed by atoms with Gasteiger partial charge in [-0.1, -0.05) is 80.8 Å². The summed E-state index contributed by atoms with van der Waals surface area (Å²) < 4.78 is 0. The SMILES string of the molecule is CCCN(Cc1ccccc1)c1cc(NC(=O)NC2CCCCC2)cc(-c2ccccc2-c2nn[nH]n2)n1. The predicted molar refractivity (Wildman–Crippen MR) is 150 cm³/mol. The van der Waals surface area contributed by atoms with E-state index in [2.05, 4.69) is 55.2 Å². The third-order valence-corrected chi connectivity index (χ3v) is 6.83. The molecule has 0 saturated heterocycles. The van der Waals surface area contributed by atoms with Gasteiger partial charge in [-0.3, -0.25) is 0 Å². The number of aromatic amines is 1. The summed E-state index contributed by atoms with van der Waals surface area (Å²) in [4.78, 5) is 20.3. The highest BCUT2D eigenvalue weighted by Crippen LogP contribution is 2.32. The number of hydrogen-bond acceptors (Lipinski definition) is 6. The van der Waals surface area contributed by atoms with Crippen LogP contribution in [0.15, 0.2) is 66.7 Å². The number of anilines is 2. The van der Waals surface area contributed by atoms with Gasteiger partial charge in [-0.2, -0.15) is 5.21 Å². The van der Waals surface area contributed by atoms with Gasteiger partial charge in [0.05, 0.1) is 5.69 Å². The summed E-state index contributed by atoms with van der Waals surface area (Å²) in [7, 11) is 0. The van der Waals surface area contributed by atoms with Crippen molar-refractivity contribution in [2.45, 2.75) is 58.0 Å². The van der Waals surface area contributed by atoms with Crippen molar-refractivity contribution in [3.8, 4) is 22.6 Å². The fraction of sp³-hybridized carbons (Fsp3) is 0.345. The van der Waals surface area contributed by atoms with Crippen LogP contribution in [0.25, 0.3) is 22.6 Å². The molecule has 2 aromatic heterocycles. The third-order valence-electron chi connectivity index (χ3n) is 6.83. The molecule has 2 aromatic carbocycles. The van der Waals surface area contributed by atoms with Crippen molar-refractivity contribution in [1.82, 2.24) is 30.9 Å². The van der Waals surface area contributed by atoms with E-state index in [1.165, 1.54) is 12.0 Å². The molecule has 1 aliphatic rings. The molecule has 1 aliphatic carbocycles. The van der Waals surface area contributed by atoms with Gasteiger partial charge < -0.3 is 15.5 Å². The molecule has 0 atom stereocenters. The first-order valence-corrected chi connectivity index (χ1v) is 13.4. The molecule has 1 fully saturated rings. The van der Waals surface area contributed by atoms with Gasteiger partial charge in [0.1, 0.15) is 5.82 Å². The number of nitrogens with zero attached hydrogens (tertiary/aromatic N) is 5. The molecule has 38 heavy (non-hydrogen) atoms. The van der Waals surface area contributed by atoms with Gasteiger partial charge in [0.2, 0.25) is 5.82 Å². The highest BCUT2D eigenvalue weighted by Gasteiger charge is 2.19. The molecule has 9 nitrogen and oxygen atoms in total. The Kier molecular flexibility index (Phi) is 8.23. The molecule has 0 unspecified atom stereocenters. The minimum absolute atomic E-state index is 0.184. The molecular formula is C29H34N8O. The molecule has 2 heterocycles. The average Bonchev–Trinajstić information content (AvgIpc) is 3.49. The van der Waals surface area contributed by atoms with Crippen molar-refractivity contribution in [3.05, 3.63) is 72.3 Å². The minimum Gasteiger partial charge on any atom is -0.352 e. The van der Waals surface area contributed by atoms with Gasteiger partial charge in [0, 0.05) is 42.0 Å². The Bertz CT molecular complexity index is 1320. The molecule has 1 saturated carbocycles. The van der Waals surface area contributed by atoms with E-state index in [0.717, 1.165) is 61.3 Å². The molecule has 5 rings (SSSR count). The Morgan fingerprint density at radius 2 is 1.76 bits per heavy atom. The molecule has 196 valence electrons. The summed E-state index contributed by atoms with van der Waals surface area (Å²) in [5.74, 6) is 1.29. The van der Waals surface area contributed by atoms with Crippen LogP contribution >= 0.6 is 0 Å². The minimum atomic E-state index is -0.184. The van der Waals surface area contributed by atoms with Crippen LogP contribution in [0, 0.1) is 0 Å². The Hall–Kier alpha value is -4.27. The van der Waals surface area contributed by atoms with Crippen molar-refractivity contribution in [3.63, 3.8) is 0 Å². The van der Waals surface area contributed by atoms with Gasteiger partial charge in [0.25, 0.3) is 0 Å². The number of rotatable bonds is 9. The molecule has 9 heteroatoms. The van der Waals surface area contributed by atoms with Crippen LogP contribution in [0.1, 0.15) is 51.0 Å². The number of hydrogen-bond donors (Lipinski definition) is 3. The Balaban J connectivity index is 1.51. The van der Waals surface area contributed by atoms with E-state index < -0.39 is 0 Å². The lowest BCUT2D eigenvalue weighted by molar-refractivity contribution is 0.244. The first-order chi connectivity index (χ1) is 18.7. The monoisotopic (exact) mass is 510 g/mol. The molecule has 0 spiro atoms. The number of urea groups is 1. The number of nitrogens with one attached hydrogen (secondary N) is 3. The fourth-order valence-corrected chi connectivity index (χ4v) is 5.01. The number of tetrazole rings is 1. The van der Waals surface area contributed by atoms with Gasteiger partial charge in [-0.15, -0.1) is 10.2 Å². The highest BCUT2D eigenvalue weighted by molar-refractivity contribution is 5.91. The zero-order valence-corrected chi connectivity index (χ0v) is 21.7. The molecule has 0 bridgehead atoms. The third kappa shape index (κ3) is 6.34. The van der Waals surface area contributed by atoms with E-state index in [1.54, 1.807) is 0 Å². The summed E-state index contributed by atoms with van der Waals surface area (Å²) in [5, 5.41) is 20.9. The lowest BCUT2D eigenvalue weighted by atomic mass is 9.96. The lowest BCUT2D eigenvalue weighted by Gasteiger charge is -2.26. The average molecular weight is 511 g/mol. The Labute approximate surface area is 223 Å². The summed E-state index contributed by atoms with van der Waals surface area (Å²) in [5.41, 5.74) is 4.29. The van der Waals surface area contributed by atoms with E-state index in [9.17, 15) is 4.79 Å². The fourth-order valence-electron chi connectivity index (χ4n) is 5.01. The first-order valence-electron chi connectivity index (χ1n) is 13.4. The topological polar surface area (TPSA) is 112 Å². The highest BCUT2D eigenvalue weighted by atomic mass is 16.2. The summed E-state index contributed by atoms with van der Waals surface area (Å²) in [6, 6.07) is 22.1. The van der Waals surface area contributed by atoms with Crippen LogP contribution in [0.5, 0.6) is 0 Å². The van der Waals surface area contributed by atoms with Crippen molar-refractivity contribution >= 4 is 17.5 Å². The quantitative estimate of drug-likeness (QED) is 0.262. The second-order valence-electron chi connectivity index (χ2n) is 9.72. The number of pyridine rings is 1. The van der Waals surface area contributed by atoms with Crippen LogP contribution in [-0.4, -0.2) is 44.2 Å². The maximum Gasteiger partial charge on any atom is 0.319 e. The van der Waals surface area contributed by atoms with Gasteiger partial charge >= 0.3 is 6.03 Å². The van der Waals surface area contributed by atoms with Gasteiger partial charge in [-0.25, -0.2) is 9.78 Å². The zero-order valence-electron chi connectivity index (χ0n) is 21.7. The number of carbonyl (C=O) groups is 1. The summed E-state index contributed by atoms with van der Waals surface area (Å²) in [6.45, 7) is 3.70. The smallest absolute Gasteiger partial charge is 0.319 e. The number of amides is 2. The van der Waals surface area contributed by atoms with Crippen LogP contribution in [0.2, 0.25) is 0 Å². The van der Waals surface area contributed by atoms with Crippen molar-refractivity contribution in [2.75, 3.05) is 16.8 Å². The lowest BCUT2D eigenvalue weighted by Crippen LogP contribution is -2.39. The second kappa shape index (κ2) is 12.3. The summed E-state index contributed by atoms with van der Waals surface area (Å²) in [6.07, 6.45) is 6.58. The van der Waals surface area contributed by atoms with Crippen molar-refractivity contribution < 1.29 is 4.79 Å². The zero-order chi connectivity index (χ0) is 26.2. The number of carbonyl (C=O) groups excluding carboxylic acids is 1. The summed E-state index contributed by atoms with van der Waals surface area (Å²) >= 11 is 0. The predicted octanol–water partition coefficient (Wildman–Crippen LogP) is 5.80. The van der Waals surface area contributed by atoms with Crippen LogP contribution < -0.4 is 15.5 Å². The van der Waals surface area contributed by atoms with Crippen LogP contribution in [0.4, 0.5) is 16.3 Å². The number of H-pyrrole nitrogens is 1.